The summed E-state index contributed by atoms with van der Waals surface area (Å²) >= 11 is 0. The highest BCUT2D eigenvalue weighted by molar-refractivity contribution is 7.89. The molecule has 1 aromatic carbocycles. The number of sulfonamides is 1. The van der Waals surface area contributed by atoms with E-state index in [0.29, 0.717) is 11.5 Å². The minimum atomic E-state index is -3.58. The lowest BCUT2D eigenvalue weighted by Crippen LogP contribution is -2.36. The number of pyridine rings is 1. The second-order valence-electron chi connectivity index (χ2n) is 7.57. The van der Waals surface area contributed by atoms with E-state index in [0.717, 1.165) is 5.69 Å². The number of nitrogens with zero attached hydrogens (tertiary/aromatic N) is 3. The predicted molar refractivity (Wildman–Crippen MR) is 120 cm³/mol. The van der Waals surface area contributed by atoms with Gasteiger partial charge in [-0.1, -0.05) is 6.07 Å². The molecule has 0 fully saturated rings. The van der Waals surface area contributed by atoms with E-state index < -0.39 is 10.0 Å². The van der Waals surface area contributed by atoms with Crippen LogP contribution in [-0.4, -0.2) is 67.6 Å². The van der Waals surface area contributed by atoms with Gasteiger partial charge in [-0.15, -0.1) is 0 Å². The number of hydrogen-bond acceptors (Lipinski definition) is 6. The molecule has 2 N–H and O–H groups in total. The fourth-order valence-electron chi connectivity index (χ4n) is 2.70. The lowest BCUT2D eigenvalue weighted by atomic mass is 10.3. The minimum absolute atomic E-state index is 0.00912. The van der Waals surface area contributed by atoms with E-state index in [9.17, 15) is 18.0 Å². The molecule has 0 bridgehead atoms. The van der Waals surface area contributed by atoms with Crippen molar-refractivity contribution in [2.45, 2.75) is 31.7 Å². The molecular weight excluding hydrogens is 418 g/mol. The van der Waals surface area contributed by atoms with Crippen LogP contribution in [0.15, 0.2) is 47.4 Å². The monoisotopic (exact) mass is 447 g/mol. The molecule has 1 aromatic heterocycles. The molecule has 0 radical (unpaired) electrons. The van der Waals surface area contributed by atoms with Crippen molar-refractivity contribution >= 4 is 33.3 Å². The van der Waals surface area contributed by atoms with E-state index in [1.54, 1.807) is 37.9 Å². The van der Waals surface area contributed by atoms with Crippen LogP contribution in [0.3, 0.4) is 0 Å². The Morgan fingerprint density at radius 1 is 0.968 bits per heavy atom. The Morgan fingerprint density at radius 2 is 1.55 bits per heavy atom. The fourth-order valence-corrected chi connectivity index (χ4v) is 4.06. The molecule has 0 saturated carbocycles. The first-order chi connectivity index (χ1) is 14.5. The smallest absolute Gasteiger partial charge is 0.243 e. The zero-order valence-electron chi connectivity index (χ0n) is 18.4. The first kappa shape index (κ1) is 24.4. The van der Waals surface area contributed by atoms with Gasteiger partial charge in [0.2, 0.25) is 21.8 Å². The lowest BCUT2D eigenvalue weighted by molar-refractivity contribution is -0.119. The maximum atomic E-state index is 12.5. The molecule has 9 nitrogen and oxygen atoms in total. The van der Waals surface area contributed by atoms with Crippen LogP contribution in [0.4, 0.5) is 11.5 Å². The average Bonchev–Trinajstić information content (AvgIpc) is 2.67. The highest BCUT2D eigenvalue weighted by Crippen LogP contribution is 2.19. The number of rotatable bonds is 9. The second kappa shape index (κ2) is 10.5. The maximum Gasteiger partial charge on any atom is 0.243 e. The molecule has 31 heavy (non-hydrogen) atoms. The highest BCUT2D eigenvalue weighted by Gasteiger charge is 2.23. The third kappa shape index (κ3) is 7.12. The molecule has 168 valence electrons. The van der Waals surface area contributed by atoms with E-state index in [2.05, 4.69) is 15.6 Å². The van der Waals surface area contributed by atoms with Crippen molar-refractivity contribution in [3.63, 3.8) is 0 Å². The number of anilines is 2. The van der Waals surface area contributed by atoms with Crippen LogP contribution in [0, 0.1) is 6.92 Å². The van der Waals surface area contributed by atoms with Crippen molar-refractivity contribution in [2.24, 2.45) is 0 Å². The van der Waals surface area contributed by atoms with Gasteiger partial charge in [-0.25, -0.2) is 13.4 Å². The molecule has 0 aliphatic carbocycles. The Balaban J connectivity index is 1.88. The van der Waals surface area contributed by atoms with Gasteiger partial charge in [0.25, 0.3) is 0 Å². The summed E-state index contributed by atoms with van der Waals surface area (Å²) in [5, 5.41) is 5.39. The van der Waals surface area contributed by atoms with Gasteiger partial charge < -0.3 is 10.6 Å². The average molecular weight is 448 g/mol. The first-order valence-corrected chi connectivity index (χ1v) is 11.2. The summed E-state index contributed by atoms with van der Waals surface area (Å²) < 4.78 is 26.3. The fraction of sp³-hybridized carbons (Fsp3) is 0.381. The predicted octanol–water partition coefficient (Wildman–Crippen LogP) is 1.93. The standard InChI is InChI=1S/C21H29N5O4S/c1-15(2)26(5)31(29,30)18-11-9-17(10-12-18)23-20(27)13-25(4)14-21(28)24-19-8-6-7-16(3)22-19/h6-12,15H,13-14H2,1-5H3,(H,23,27)(H,22,24,28). The number of hydrogen-bond donors (Lipinski definition) is 2. The molecule has 0 spiro atoms. The molecule has 0 aliphatic heterocycles. The largest absolute Gasteiger partial charge is 0.325 e. The van der Waals surface area contributed by atoms with Gasteiger partial charge >= 0.3 is 0 Å². The third-order valence-electron chi connectivity index (χ3n) is 4.53. The van der Waals surface area contributed by atoms with Crippen LogP contribution >= 0.6 is 0 Å². The van der Waals surface area contributed by atoms with Crippen molar-refractivity contribution in [3.05, 3.63) is 48.2 Å². The summed E-state index contributed by atoms with van der Waals surface area (Å²) in [6.45, 7) is 5.42. The van der Waals surface area contributed by atoms with Crippen LogP contribution in [0.2, 0.25) is 0 Å². The molecule has 1 heterocycles. The number of aromatic nitrogens is 1. The van der Waals surface area contributed by atoms with E-state index >= 15 is 0 Å². The maximum absolute atomic E-state index is 12.5. The summed E-state index contributed by atoms with van der Waals surface area (Å²) in [7, 11) is -0.404. The van der Waals surface area contributed by atoms with Crippen LogP contribution < -0.4 is 10.6 Å². The number of amides is 2. The van der Waals surface area contributed by atoms with Crippen LogP contribution in [0.25, 0.3) is 0 Å². The summed E-state index contributed by atoms with van der Waals surface area (Å²) in [6, 6.07) is 11.1. The molecule has 2 amide bonds. The molecule has 2 rings (SSSR count). The molecule has 0 atom stereocenters. The Kier molecular flexibility index (Phi) is 8.26. The van der Waals surface area contributed by atoms with Crippen molar-refractivity contribution in [2.75, 3.05) is 37.8 Å². The molecule has 0 aliphatic rings. The van der Waals surface area contributed by atoms with E-state index in [1.807, 2.05) is 13.0 Å². The number of carbonyl (C=O) groups is 2. The lowest BCUT2D eigenvalue weighted by Gasteiger charge is -2.21. The second-order valence-corrected chi connectivity index (χ2v) is 9.57. The van der Waals surface area contributed by atoms with Crippen molar-refractivity contribution in [3.8, 4) is 0 Å². The highest BCUT2D eigenvalue weighted by atomic mass is 32.2. The number of likely N-dealkylation sites (N-methyl/N-ethyl adjacent to an activating group) is 1. The molecule has 10 heteroatoms. The van der Waals surface area contributed by atoms with Crippen molar-refractivity contribution in [1.82, 2.24) is 14.2 Å². The quantitative estimate of drug-likeness (QED) is 0.608. The normalized spacial score (nSPS) is 11.7. The van der Waals surface area contributed by atoms with Gasteiger partial charge in [-0.2, -0.15) is 4.31 Å². The van der Waals surface area contributed by atoms with Crippen LogP contribution in [0.5, 0.6) is 0 Å². The number of aryl methyl sites for hydroxylation is 1. The van der Waals surface area contributed by atoms with Gasteiger partial charge in [0.05, 0.1) is 18.0 Å². The Hall–Kier alpha value is -2.82. The number of nitrogens with one attached hydrogen (secondary N) is 2. The Labute approximate surface area is 183 Å². The molecule has 0 unspecified atom stereocenters. The third-order valence-corrected chi connectivity index (χ3v) is 6.57. The first-order valence-electron chi connectivity index (χ1n) is 9.79. The topological polar surface area (TPSA) is 112 Å². The molecule has 2 aromatic rings. The molecular formula is C21H29N5O4S. The van der Waals surface area contributed by atoms with E-state index in [1.165, 1.54) is 35.6 Å². The number of benzene rings is 1. The van der Waals surface area contributed by atoms with Gasteiger partial charge in [0, 0.05) is 24.5 Å². The molecule has 0 saturated heterocycles. The summed E-state index contributed by atoms with van der Waals surface area (Å²) in [5.41, 5.74) is 1.26. The van der Waals surface area contributed by atoms with Crippen LogP contribution in [0.1, 0.15) is 19.5 Å². The summed E-state index contributed by atoms with van der Waals surface area (Å²) in [5.74, 6) is -0.142. The van der Waals surface area contributed by atoms with Gasteiger partial charge in [-0.3, -0.25) is 14.5 Å². The van der Waals surface area contributed by atoms with E-state index in [-0.39, 0.29) is 35.8 Å². The van der Waals surface area contributed by atoms with Gasteiger partial charge in [0.15, 0.2) is 0 Å². The summed E-state index contributed by atoms with van der Waals surface area (Å²) in [4.78, 5) is 30.3. The van der Waals surface area contributed by atoms with Gasteiger partial charge in [0.1, 0.15) is 5.82 Å². The van der Waals surface area contributed by atoms with E-state index in [4.69, 9.17) is 0 Å². The zero-order chi connectivity index (χ0) is 23.2. The Morgan fingerprint density at radius 3 is 2.10 bits per heavy atom. The Bertz CT molecular complexity index is 1020. The minimum Gasteiger partial charge on any atom is -0.325 e. The van der Waals surface area contributed by atoms with Gasteiger partial charge in [-0.05, 0) is 64.2 Å². The zero-order valence-corrected chi connectivity index (χ0v) is 19.2. The SMILES string of the molecule is Cc1cccc(NC(=O)CN(C)CC(=O)Nc2ccc(S(=O)(=O)N(C)C(C)C)cc2)n1. The van der Waals surface area contributed by atoms with Crippen molar-refractivity contribution in [1.29, 1.82) is 0 Å². The summed E-state index contributed by atoms with van der Waals surface area (Å²) in [6.07, 6.45) is 0. The number of carbonyl (C=O) groups excluding carboxylic acids is 2. The van der Waals surface area contributed by atoms with Crippen molar-refractivity contribution < 1.29 is 18.0 Å². The van der Waals surface area contributed by atoms with Crippen LogP contribution in [-0.2, 0) is 19.6 Å².